The van der Waals surface area contributed by atoms with Gasteiger partial charge in [0, 0.05) is 48.7 Å². The maximum atomic E-state index is 7.24. The van der Waals surface area contributed by atoms with Gasteiger partial charge in [-0.2, -0.15) is 0 Å². The third-order valence-electron chi connectivity index (χ3n) is 7.41. The van der Waals surface area contributed by atoms with Crippen LogP contribution in [0.25, 0.3) is 22.3 Å². The smallest absolute Gasteiger partial charge is 0.0841 e. The monoisotopic (exact) mass is 676 g/mol. The van der Waals surface area contributed by atoms with E-state index in [-0.39, 0.29) is 25.8 Å². The molecule has 4 heteroatoms. The van der Waals surface area contributed by atoms with Gasteiger partial charge in [0.2, 0.25) is 0 Å². The summed E-state index contributed by atoms with van der Waals surface area (Å²) in [5.41, 5.74) is 13.3. The largest absolute Gasteiger partial charge is 0.126 e. The van der Waals surface area contributed by atoms with Crippen LogP contribution in [-0.4, -0.2) is 9.52 Å². The SMILES string of the molecule is CCCCc1cc2c(c(Cl)c1[Si]c1c(C)cc3c(c1Cl)Cc1ccccc1-3)Cc1ccccc1-2.[Hf]. The Balaban J connectivity index is 0.00000253. The van der Waals surface area contributed by atoms with E-state index in [1.165, 1.54) is 78.8 Å². The van der Waals surface area contributed by atoms with E-state index in [0.717, 1.165) is 29.3 Å². The summed E-state index contributed by atoms with van der Waals surface area (Å²) >= 11 is 14.4. The molecule has 0 aliphatic heterocycles. The molecule has 0 atom stereocenters. The van der Waals surface area contributed by atoms with E-state index >= 15 is 0 Å². The molecule has 172 valence electrons. The Hall–Kier alpha value is -1.45. The molecule has 0 saturated carbocycles. The summed E-state index contributed by atoms with van der Waals surface area (Å²) in [5.74, 6) is 0. The van der Waals surface area contributed by atoms with Gasteiger partial charge in [-0.05, 0) is 85.8 Å². The van der Waals surface area contributed by atoms with Gasteiger partial charge >= 0.3 is 0 Å². The Morgan fingerprint density at radius 1 is 0.743 bits per heavy atom. The number of hydrogen-bond donors (Lipinski definition) is 0. The molecule has 4 aromatic rings. The molecule has 6 rings (SSSR count). The molecule has 0 heterocycles. The molecular formula is C31H26Cl2HfSi. The standard InChI is InChI=1S/C31H26Cl2Si.Hf/c1-3-4-9-21-17-25-23-13-8-6-11-20(23)16-27(25)29(33)31(21)34-30-18(2)14-24-22-12-7-5-10-19(22)15-26(24)28(30)32;/h5-8,10-14,17H,3-4,9,15-16H2,1-2H3;. The minimum Gasteiger partial charge on any atom is -0.0841 e. The quantitative estimate of drug-likeness (QED) is 0.167. The first-order chi connectivity index (χ1) is 16.6. The molecule has 4 aromatic carbocycles. The van der Waals surface area contributed by atoms with Crippen LogP contribution < -0.4 is 10.4 Å². The van der Waals surface area contributed by atoms with Gasteiger partial charge in [-0.15, -0.1) is 0 Å². The Kier molecular flexibility index (Phi) is 7.30. The van der Waals surface area contributed by atoms with Crippen molar-refractivity contribution < 1.29 is 25.8 Å². The van der Waals surface area contributed by atoms with Gasteiger partial charge in [0.15, 0.2) is 0 Å². The molecule has 0 spiro atoms. The van der Waals surface area contributed by atoms with Crippen molar-refractivity contribution >= 4 is 43.1 Å². The molecule has 0 nitrogen and oxygen atoms in total. The summed E-state index contributed by atoms with van der Waals surface area (Å²) < 4.78 is 0. The van der Waals surface area contributed by atoms with Crippen LogP contribution in [-0.2, 0) is 45.1 Å². The average Bonchev–Trinajstić information content (AvgIpc) is 3.41. The molecule has 2 radical (unpaired) electrons. The minimum absolute atomic E-state index is 0. The van der Waals surface area contributed by atoms with E-state index < -0.39 is 0 Å². The first-order valence-electron chi connectivity index (χ1n) is 12.2. The Labute approximate surface area is 239 Å². The Morgan fingerprint density at radius 2 is 1.29 bits per heavy atom. The number of rotatable bonds is 5. The van der Waals surface area contributed by atoms with E-state index in [0.29, 0.717) is 9.52 Å². The molecule has 2 aliphatic carbocycles. The van der Waals surface area contributed by atoms with Crippen LogP contribution >= 0.6 is 23.2 Å². The zero-order chi connectivity index (χ0) is 23.4. The van der Waals surface area contributed by atoms with Crippen molar-refractivity contribution in [2.45, 2.75) is 46.0 Å². The third kappa shape index (κ3) is 4.25. The third-order valence-corrected chi connectivity index (χ3v) is 10.3. The fourth-order valence-corrected chi connectivity index (χ4v) is 7.91. The van der Waals surface area contributed by atoms with Crippen molar-refractivity contribution in [3.05, 3.63) is 104 Å². The molecule has 0 N–H and O–H groups in total. The van der Waals surface area contributed by atoms with Crippen LogP contribution in [0.3, 0.4) is 0 Å². The number of unbranched alkanes of at least 4 members (excludes halogenated alkanes) is 1. The van der Waals surface area contributed by atoms with E-state index in [1.54, 1.807) is 0 Å². The van der Waals surface area contributed by atoms with E-state index in [9.17, 15) is 0 Å². The maximum absolute atomic E-state index is 7.24. The zero-order valence-corrected chi connectivity index (χ0v) is 26.2. The van der Waals surface area contributed by atoms with Crippen molar-refractivity contribution in [3.8, 4) is 22.3 Å². The van der Waals surface area contributed by atoms with Crippen LogP contribution in [0.2, 0.25) is 10.0 Å². The van der Waals surface area contributed by atoms with Crippen molar-refractivity contribution in [2.75, 3.05) is 0 Å². The summed E-state index contributed by atoms with van der Waals surface area (Å²) in [7, 11) is 0.460. The Morgan fingerprint density at radius 3 is 1.89 bits per heavy atom. The fraction of sp³-hybridized carbons (Fsp3) is 0.226. The van der Waals surface area contributed by atoms with Crippen LogP contribution in [0.15, 0.2) is 60.7 Å². The van der Waals surface area contributed by atoms with Gasteiger partial charge in [0.1, 0.15) is 9.52 Å². The average molecular weight is 676 g/mol. The van der Waals surface area contributed by atoms with Gasteiger partial charge in [0.25, 0.3) is 0 Å². The molecule has 0 aromatic heterocycles. The summed E-state index contributed by atoms with van der Waals surface area (Å²) in [5, 5.41) is 4.44. The first kappa shape index (κ1) is 25.2. The first-order valence-corrected chi connectivity index (χ1v) is 13.9. The van der Waals surface area contributed by atoms with Crippen LogP contribution in [0.5, 0.6) is 0 Å². The molecule has 0 saturated heterocycles. The number of fused-ring (bicyclic) bond motifs is 6. The van der Waals surface area contributed by atoms with Gasteiger partial charge < -0.3 is 0 Å². The van der Waals surface area contributed by atoms with Gasteiger partial charge in [-0.25, -0.2) is 0 Å². The number of aryl methyl sites for hydroxylation is 2. The maximum Gasteiger partial charge on any atom is 0.126 e. The predicted octanol–water partition coefficient (Wildman–Crippen LogP) is 7.44. The number of benzene rings is 4. The Bertz CT molecular complexity index is 1460. The van der Waals surface area contributed by atoms with Gasteiger partial charge in [-0.3, -0.25) is 0 Å². The van der Waals surface area contributed by atoms with Gasteiger partial charge in [0.05, 0.1) is 0 Å². The number of halogens is 2. The van der Waals surface area contributed by atoms with Crippen molar-refractivity contribution in [3.63, 3.8) is 0 Å². The second-order valence-corrected chi connectivity index (χ2v) is 11.6. The molecule has 2 aliphatic rings. The summed E-state index contributed by atoms with van der Waals surface area (Å²) in [6.45, 7) is 4.46. The molecule has 35 heavy (non-hydrogen) atoms. The van der Waals surface area contributed by atoms with Crippen molar-refractivity contribution in [2.24, 2.45) is 0 Å². The second kappa shape index (κ2) is 10.1. The zero-order valence-electron chi connectivity index (χ0n) is 20.1. The molecule has 0 bridgehead atoms. The normalized spacial score (nSPS) is 12.6. The van der Waals surface area contributed by atoms with Crippen LogP contribution in [0, 0.1) is 6.92 Å². The second-order valence-electron chi connectivity index (χ2n) is 9.56. The molecule has 0 unspecified atom stereocenters. The summed E-state index contributed by atoms with van der Waals surface area (Å²) in [6.07, 6.45) is 5.23. The molecule has 0 fully saturated rings. The van der Waals surface area contributed by atoms with Crippen LogP contribution in [0.4, 0.5) is 0 Å². The molecular weight excluding hydrogens is 650 g/mol. The van der Waals surface area contributed by atoms with Crippen LogP contribution in [0.1, 0.15) is 53.1 Å². The van der Waals surface area contributed by atoms with E-state index in [4.69, 9.17) is 23.2 Å². The topological polar surface area (TPSA) is 0 Å². The minimum atomic E-state index is 0. The fourth-order valence-electron chi connectivity index (χ4n) is 5.62. The van der Waals surface area contributed by atoms with Crippen molar-refractivity contribution in [1.29, 1.82) is 0 Å². The van der Waals surface area contributed by atoms with E-state index in [1.807, 2.05) is 0 Å². The van der Waals surface area contributed by atoms with E-state index in [2.05, 4.69) is 74.5 Å². The van der Waals surface area contributed by atoms with Crippen molar-refractivity contribution in [1.82, 2.24) is 0 Å². The van der Waals surface area contributed by atoms with Gasteiger partial charge in [-0.1, -0.05) is 97.2 Å². The number of hydrogen-bond acceptors (Lipinski definition) is 0. The molecule has 0 amide bonds. The summed E-state index contributed by atoms with van der Waals surface area (Å²) in [6, 6.07) is 22.2. The predicted molar refractivity (Wildman–Crippen MR) is 148 cm³/mol. The summed E-state index contributed by atoms with van der Waals surface area (Å²) in [4.78, 5) is 0.